The molecule has 0 fully saturated rings. The number of rotatable bonds is 2. The van der Waals surface area contributed by atoms with Gasteiger partial charge in [0, 0.05) is 35.8 Å². The Bertz CT molecular complexity index is 833. The topological polar surface area (TPSA) is 25.8 Å². The molecule has 0 bridgehead atoms. The minimum absolute atomic E-state index is 0.0664. The number of aryl methyl sites for hydroxylation is 1. The molecule has 0 saturated carbocycles. The van der Waals surface area contributed by atoms with Crippen molar-refractivity contribution in [3.63, 3.8) is 0 Å². The number of benzene rings is 1. The molecule has 0 amide bonds. The third-order valence-electron chi connectivity index (χ3n) is 3.39. The van der Waals surface area contributed by atoms with E-state index in [-0.39, 0.29) is 11.3 Å². The molecule has 0 radical (unpaired) electrons. The van der Waals surface area contributed by atoms with E-state index >= 15 is 0 Å². The van der Waals surface area contributed by atoms with Gasteiger partial charge in [-0.05, 0) is 42.3 Å². The molecular weight excluding hydrogens is 289 g/mol. The van der Waals surface area contributed by atoms with Crippen LogP contribution in [0.25, 0.3) is 22.4 Å². The molecule has 2 aromatic heterocycles. The summed E-state index contributed by atoms with van der Waals surface area (Å²) in [7, 11) is 0. The maximum atomic E-state index is 13.8. The Morgan fingerprint density at radius 2 is 1.50 bits per heavy atom. The van der Waals surface area contributed by atoms with Crippen LogP contribution in [0.15, 0.2) is 48.9 Å². The second-order valence-electron chi connectivity index (χ2n) is 4.87. The number of halogens is 3. The first kappa shape index (κ1) is 14.3. The lowest BCUT2D eigenvalue weighted by atomic mass is 10.0. The molecule has 3 rings (SSSR count). The number of nitrogens with zero attached hydrogens (tertiary/aromatic N) is 2. The van der Waals surface area contributed by atoms with Crippen molar-refractivity contribution >= 4 is 0 Å². The molecule has 2 nitrogen and oxygen atoms in total. The highest BCUT2D eigenvalue weighted by atomic mass is 19.2. The van der Waals surface area contributed by atoms with Crippen molar-refractivity contribution in [1.29, 1.82) is 0 Å². The fourth-order valence-corrected chi connectivity index (χ4v) is 2.26. The summed E-state index contributed by atoms with van der Waals surface area (Å²) < 4.78 is 40.1. The third-order valence-corrected chi connectivity index (χ3v) is 3.39. The second-order valence-corrected chi connectivity index (χ2v) is 4.87. The van der Waals surface area contributed by atoms with Gasteiger partial charge in [0.1, 0.15) is 5.82 Å². The number of hydrogen-bond acceptors (Lipinski definition) is 2. The SMILES string of the molecule is Cc1cc(-c2cc(F)c(F)cc2F)ncc1-c1ccncc1. The summed E-state index contributed by atoms with van der Waals surface area (Å²) in [6, 6.07) is 6.66. The van der Waals surface area contributed by atoms with E-state index in [0.29, 0.717) is 6.07 Å². The summed E-state index contributed by atoms with van der Waals surface area (Å²) in [4.78, 5) is 8.12. The zero-order valence-electron chi connectivity index (χ0n) is 11.6. The molecule has 0 saturated heterocycles. The average molecular weight is 300 g/mol. The van der Waals surface area contributed by atoms with Crippen LogP contribution in [0.5, 0.6) is 0 Å². The van der Waals surface area contributed by atoms with Crippen LogP contribution in [0.4, 0.5) is 13.2 Å². The van der Waals surface area contributed by atoms with E-state index in [9.17, 15) is 13.2 Å². The van der Waals surface area contributed by atoms with E-state index < -0.39 is 17.5 Å². The van der Waals surface area contributed by atoms with Crippen LogP contribution in [0, 0.1) is 24.4 Å². The Kier molecular flexibility index (Phi) is 3.63. The minimum atomic E-state index is -1.22. The Morgan fingerprint density at radius 3 is 2.18 bits per heavy atom. The predicted molar refractivity (Wildman–Crippen MR) is 77.5 cm³/mol. The Labute approximate surface area is 125 Å². The monoisotopic (exact) mass is 300 g/mol. The summed E-state index contributed by atoms with van der Waals surface area (Å²) >= 11 is 0. The molecule has 0 unspecified atom stereocenters. The van der Waals surface area contributed by atoms with Crippen molar-refractivity contribution in [2.45, 2.75) is 6.92 Å². The molecule has 2 heterocycles. The molecule has 0 N–H and O–H groups in total. The van der Waals surface area contributed by atoms with Crippen LogP contribution in [0.2, 0.25) is 0 Å². The highest BCUT2D eigenvalue weighted by Gasteiger charge is 2.13. The summed E-state index contributed by atoms with van der Waals surface area (Å²) in [5.41, 5.74) is 2.83. The van der Waals surface area contributed by atoms with Crippen molar-refractivity contribution in [3.8, 4) is 22.4 Å². The van der Waals surface area contributed by atoms with Crippen molar-refractivity contribution in [1.82, 2.24) is 9.97 Å². The molecule has 0 aliphatic carbocycles. The summed E-state index contributed by atoms with van der Waals surface area (Å²) in [5.74, 6) is -3.16. The molecule has 110 valence electrons. The summed E-state index contributed by atoms with van der Waals surface area (Å²) in [5, 5.41) is 0. The maximum Gasteiger partial charge on any atom is 0.161 e. The van der Waals surface area contributed by atoms with E-state index in [0.717, 1.165) is 22.8 Å². The molecule has 0 aliphatic rings. The van der Waals surface area contributed by atoms with E-state index in [1.807, 2.05) is 19.1 Å². The van der Waals surface area contributed by atoms with Gasteiger partial charge in [0.2, 0.25) is 0 Å². The van der Waals surface area contributed by atoms with E-state index in [1.165, 1.54) is 0 Å². The lowest BCUT2D eigenvalue weighted by molar-refractivity contribution is 0.496. The molecule has 0 aliphatic heterocycles. The quantitative estimate of drug-likeness (QED) is 0.649. The van der Waals surface area contributed by atoms with Crippen molar-refractivity contribution in [3.05, 3.63) is 71.9 Å². The molecule has 1 aromatic carbocycles. The fraction of sp³-hybridized carbons (Fsp3) is 0.0588. The van der Waals surface area contributed by atoms with Gasteiger partial charge in [-0.25, -0.2) is 13.2 Å². The molecule has 3 aromatic rings. The fourth-order valence-electron chi connectivity index (χ4n) is 2.26. The van der Waals surface area contributed by atoms with Crippen LogP contribution in [0.1, 0.15) is 5.56 Å². The lowest BCUT2D eigenvalue weighted by Gasteiger charge is -2.09. The van der Waals surface area contributed by atoms with Crippen LogP contribution in [0.3, 0.4) is 0 Å². The van der Waals surface area contributed by atoms with Crippen molar-refractivity contribution < 1.29 is 13.2 Å². The molecule has 0 atom stereocenters. The smallest absolute Gasteiger partial charge is 0.161 e. The Hall–Kier alpha value is -2.69. The zero-order valence-corrected chi connectivity index (χ0v) is 11.6. The van der Waals surface area contributed by atoms with Crippen LogP contribution in [-0.2, 0) is 0 Å². The van der Waals surface area contributed by atoms with Gasteiger partial charge in [-0.15, -0.1) is 0 Å². The number of pyridine rings is 2. The van der Waals surface area contributed by atoms with Crippen molar-refractivity contribution in [2.75, 3.05) is 0 Å². The molecule has 0 spiro atoms. The molecular formula is C17H11F3N2. The van der Waals surface area contributed by atoms with Gasteiger partial charge >= 0.3 is 0 Å². The second kappa shape index (κ2) is 5.60. The van der Waals surface area contributed by atoms with E-state index in [4.69, 9.17) is 0 Å². The first-order valence-electron chi connectivity index (χ1n) is 6.58. The predicted octanol–water partition coefficient (Wildman–Crippen LogP) is 4.54. The minimum Gasteiger partial charge on any atom is -0.265 e. The molecule has 22 heavy (non-hydrogen) atoms. The van der Waals surface area contributed by atoms with E-state index in [2.05, 4.69) is 9.97 Å². The van der Waals surface area contributed by atoms with E-state index in [1.54, 1.807) is 24.7 Å². The van der Waals surface area contributed by atoms with Gasteiger partial charge in [-0.3, -0.25) is 9.97 Å². The molecule has 5 heteroatoms. The Morgan fingerprint density at radius 1 is 0.818 bits per heavy atom. The Balaban J connectivity index is 2.08. The first-order valence-corrected chi connectivity index (χ1v) is 6.58. The van der Waals surface area contributed by atoms with Gasteiger partial charge in [0.15, 0.2) is 11.6 Å². The first-order chi connectivity index (χ1) is 10.6. The van der Waals surface area contributed by atoms with Crippen molar-refractivity contribution in [2.24, 2.45) is 0 Å². The largest absolute Gasteiger partial charge is 0.265 e. The van der Waals surface area contributed by atoms with Gasteiger partial charge in [0.05, 0.1) is 5.69 Å². The van der Waals surface area contributed by atoms with Gasteiger partial charge < -0.3 is 0 Å². The van der Waals surface area contributed by atoms with Gasteiger partial charge in [-0.1, -0.05) is 0 Å². The zero-order chi connectivity index (χ0) is 15.7. The number of hydrogen-bond donors (Lipinski definition) is 0. The lowest BCUT2D eigenvalue weighted by Crippen LogP contribution is -1.95. The number of aromatic nitrogens is 2. The maximum absolute atomic E-state index is 13.8. The van der Waals surface area contributed by atoms with Gasteiger partial charge in [-0.2, -0.15) is 0 Å². The normalized spacial score (nSPS) is 10.7. The summed E-state index contributed by atoms with van der Waals surface area (Å²) in [6.45, 7) is 1.85. The van der Waals surface area contributed by atoms with Crippen LogP contribution < -0.4 is 0 Å². The standard InChI is InChI=1S/C17H11F3N2/c1-10-6-17(12-7-15(19)16(20)8-14(12)18)22-9-13(10)11-2-4-21-5-3-11/h2-9H,1H3. The highest BCUT2D eigenvalue weighted by Crippen LogP contribution is 2.28. The van der Waals surface area contributed by atoms with Crippen LogP contribution >= 0.6 is 0 Å². The average Bonchev–Trinajstić information content (AvgIpc) is 2.51. The van der Waals surface area contributed by atoms with Gasteiger partial charge in [0.25, 0.3) is 0 Å². The third kappa shape index (κ3) is 2.57. The highest BCUT2D eigenvalue weighted by molar-refractivity contribution is 5.70. The van der Waals surface area contributed by atoms with Crippen LogP contribution in [-0.4, -0.2) is 9.97 Å². The summed E-state index contributed by atoms with van der Waals surface area (Å²) in [6.07, 6.45) is 4.91.